The normalized spacial score (nSPS) is 14.9. The van der Waals surface area contributed by atoms with Gasteiger partial charge in [0.1, 0.15) is 5.75 Å². The van der Waals surface area contributed by atoms with E-state index in [-0.39, 0.29) is 5.91 Å². The largest absolute Gasteiger partial charge is 0.495 e. The number of aryl methyl sites for hydroxylation is 1. The van der Waals surface area contributed by atoms with E-state index in [1.54, 1.807) is 18.0 Å². The number of nitrogens with one attached hydrogen (secondary N) is 1. The third-order valence-electron chi connectivity index (χ3n) is 4.61. The van der Waals surface area contributed by atoms with E-state index in [0.29, 0.717) is 17.9 Å². The monoisotopic (exact) mass is 343 g/mol. The molecule has 1 N–H and O–H groups in total. The second kappa shape index (κ2) is 8.00. The Kier molecular flexibility index (Phi) is 5.53. The molecule has 0 bridgehead atoms. The van der Waals surface area contributed by atoms with Gasteiger partial charge in [0, 0.05) is 25.7 Å². The van der Waals surface area contributed by atoms with Crippen molar-refractivity contribution in [3.63, 3.8) is 0 Å². The minimum Gasteiger partial charge on any atom is -0.495 e. The number of methoxy groups -OCH3 is 1. The molecule has 1 aliphatic heterocycles. The van der Waals surface area contributed by atoms with Gasteiger partial charge in [-0.15, -0.1) is 5.10 Å². The molecular weight excluding hydrogens is 318 g/mol. The molecule has 0 unspecified atom stereocenters. The summed E-state index contributed by atoms with van der Waals surface area (Å²) in [5.74, 6) is 0.803. The molecule has 1 aromatic carbocycles. The van der Waals surface area contributed by atoms with Crippen LogP contribution in [0.2, 0.25) is 0 Å². The lowest BCUT2D eigenvalue weighted by atomic mass is 10.1. The Morgan fingerprint density at radius 1 is 1.24 bits per heavy atom. The molecule has 0 saturated carbocycles. The summed E-state index contributed by atoms with van der Waals surface area (Å²) in [4.78, 5) is 14.8. The molecule has 25 heavy (non-hydrogen) atoms. The molecule has 1 fully saturated rings. The van der Waals surface area contributed by atoms with Crippen molar-refractivity contribution in [2.75, 3.05) is 25.5 Å². The summed E-state index contributed by atoms with van der Waals surface area (Å²) in [6, 6.07) is 5.55. The van der Waals surface area contributed by atoms with Gasteiger partial charge in [-0.25, -0.2) is 0 Å². The van der Waals surface area contributed by atoms with Gasteiger partial charge in [0.15, 0.2) is 0 Å². The molecule has 1 amide bonds. The second-order valence-electron chi connectivity index (χ2n) is 6.32. The van der Waals surface area contributed by atoms with Crippen LogP contribution in [0, 0.1) is 0 Å². The van der Waals surface area contributed by atoms with Crippen molar-refractivity contribution in [1.29, 1.82) is 0 Å². The van der Waals surface area contributed by atoms with Gasteiger partial charge < -0.3 is 15.0 Å². The molecule has 2 heterocycles. The average molecular weight is 343 g/mol. The van der Waals surface area contributed by atoms with Crippen molar-refractivity contribution in [3.8, 4) is 5.75 Å². The first-order valence-corrected chi connectivity index (χ1v) is 8.74. The Bertz CT molecular complexity index is 720. The molecule has 0 aliphatic carbocycles. The molecule has 3 rings (SSSR count). The number of carbonyl (C=O) groups excluding carboxylic acids is 1. The van der Waals surface area contributed by atoms with Crippen LogP contribution >= 0.6 is 0 Å². The number of ether oxygens (including phenoxy) is 1. The maximum atomic E-state index is 12.8. The topological polar surface area (TPSA) is 72.3 Å². The smallest absolute Gasteiger partial charge is 0.253 e. The lowest BCUT2D eigenvalue weighted by Gasteiger charge is -2.21. The van der Waals surface area contributed by atoms with Crippen LogP contribution in [0.4, 0.5) is 5.69 Å². The van der Waals surface area contributed by atoms with Gasteiger partial charge in [-0.3, -0.25) is 9.48 Å². The van der Waals surface area contributed by atoms with Crippen molar-refractivity contribution < 1.29 is 9.53 Å². The van der Waals surface area contributed by atoms with Crippen LogP contribution in [0.25, 0.3) is 0 Å². The Morgan fingerprint density at radius 2 is 2.00 bits per heavy atom. The lowest BCUT2D eigenvalue weighted by Crippen LogP contribution is -2.31. The summed E-state index contributed by atoms with van der Waals surface area (Å²) in [6.45, 7) is 2.24. The number of hydrogen-bond acceptors (Lipinski definition) is 5. The number of anilines is 1. The molecule has 0 spiro atoms. The lowest BCUT2D eigenvalue weighted by molar-refractivity contribution is 0.0761. The van der Waals surface area contributed by atoms with E-state index in [2.05, 4.69) is 15.6 Å². The van der Waals surface area contributed by atoms with Gasteiger partial charge in [0.05, 0.1) is 31.2 Å². The molecule has 0 atom stereocenters. The fourth-order valence-electron chi connectivity index (χ4n) is 3.09. The number of nitrogens with zero attached hydrogens (tertiary/aromatic N) is 4. The number of hydrogen-bond donors (Lipinski definition) is 1. The minimum atomic E-state index is 0.0924. The number of amides is 1. The van der Waals surface area contributed by atoms with Crippen LogP contribution in [-0.4, -0.2) is 46.0 Å². The molecule has 1 aliphatic rings. The summed E-state index contributed by atoms with van der Waals surface area (Å²) < 4.78 is 7.13. The van der Waals surface area contributed by atoms with Gasteiger partial charge in [0.2, 0.25) is 0 Å². The van der Waals surface area contributed by atoms with Crippen LogP contribution in [0.1, 0.15) is 41.7 Å². The molecule has 1 aromatic heterocycles. The van der Waals surface area contributed by atoms with Crippen LogP contribution < -0.4 is 10.1 Å². The molecule has 7 nitrogen and oxygen atoms in total. The molecule has 0 radical (unpaired) electrons. The molecule has 2 aromatic rings. The highest BCUT2D eigenvalue weighted by Crippen LogP contribution is 2.27. The molecule has 1 saturated heterocycles. The third kappa shape index (κ3) is 4.10. The summed E-state index contributed by atoms with van der Waals surface area (Å²) in [5, 5.41) is 11.1. The van der Waals surface area contributed by atoms with Gasteiger partial charge in [-0.1, -0.05) is 18.1 Å². The van der Waals surface area contributed by atoms with Gasteiger partial charge in [-0.2, -0.15) is 0 Å². The highest BCUT2D eigenvalue weighted by Gasteiger charge is 2.18. The minimum absolute atomic E-state index is 0.0924. The van der Waals surface area contributed by atoms with Crippen LogP contribution in [0.5, 0.6) is 5.75 Å². The van der Waals surface area contributed by atoms with E-state index < -0.39 is 0 Å². The van der Waals surface area contributed by atoms with Crippen molar-refractivity contribution in [2.45, 2.75) is 32.2 Å². The number of aromatic nitrogens is 3. The van der Waals surface area contributed by atoms with Crippen molar-refractivity contribution >= 4 is 11.6 Å². The van der Waals surface area contributed by atoms with Crippen molar-refractivity contribution in [1.82, 2.24) is 19.9 Å². The standard InChI is InChI=1S/C18H25N5O2/c1-22-15(13-20-21-22)12-19-16-11-14(7-8-17(16)25-2)18(24)23-9-5-3-4-6-10-23/h7-8,11,13,19H,3-6,9-10,12H2,1-2H3. The summed E-state index contributed by atoms with van der Waals surface area (Å²) in [7, 11) is 3.48. The number of rotatable bonds is 5. The Hall–Kier alpha value is -2.57. The van der Waals surface area contributed by atoms with E-state index in [4.69, 9.17) is 4.74 Å². The first-order valence-electron chi connectivity index (χ1n) is 8.74. The van der Waals surface area contributed by atoms with Crippen molar-refractivity contribution in [2.24, 2.45) is 7.05 Å². The number of carbonyl (C=O) groups is 1. The SMILES string of the molecule is COc1ccc(C(=O)N2CCCCCC2)cc1NCc1cnnn1C. The summed E-state index contributed by atoms with van der Waals surface area (Å²) >= 11 is 0. The van der Waals surface area contributed by atoms with Gasteiger partial charge >= 0.3 is 0 Å². The van der Waals surface area contributed by atoms with Crippen LogP contribution in [0.3, 0.4) is 0 Å². The number of likely N-dealkylation sites (tertiary alicyclic amines) is 1. The predicted molar refractivity (Wildman–Crippen MR) is 95.7 cm³/mol. The van der Waals surface area contributed by atoms with E-state index in [1.165, 1.54) is 12.8 Å². The summed E-state index contributed by atoms with van der Waals surface area (Å²) in [5.41, 5.74) is 2.43. The third-order valence-corrected chi connectivity index (χ3v) is 4.61. The van der Waals surface area contributed by atoms with Crippen LogP contribution in [-0.2, 0) is 13.6 Å². The van der Waals surface area contributed by atoms with E-state index in [9.17, 15) is 4.79 Å². The van der Waals surface area contributed by atoms with E-state index >= 15 is 0 Å². The quantitative estimate of drug-likeness (QED) is 0.903. The zero-order valence-corrected chi connectivity index (χ0v) is 14.9. The Balaban J connectivity index is 1.76. The van der Waals surface area contributed by atoms with Gasteiger partial charge in [0.25, 0.3) is 5.91 Å². The first-order chi connectivity index (χ1) is 12.2. The first kappa shape index (κ1) is 17.3. The maximum Gasteiger partial charge on any atom is 0.253 e. The Labute approximate surface area is 148 Å². The predicted octanol–water partition coefficient (Wildman–Crippen LogP) is 2.45. The highest BCUT2D eigenvalue weighted by molar-refractivity contribution is 5.95. The molecule has 7 heteroatoms. The van der Waals surface area contributed by atoms with E-state index in [0.717, 1.165) is 37.3 Å². The Morgan fingerprint density at radius 3 is 2.64 bits per heavy atom. The van der Waals surface area contributed by atoms with E-state index in [1.807, 2.05) is 30.1 Å². The number of benzene rings is 1. The zero-order chi connectivity index (χ0) is 17.6. The second-order valence-corrected chi connectivity index (χ2v) is 6.32. The molecular formula is C18H25N5O2. The summed E-state index contributed by atoms with van der Waals surface area (Å²) in [6.07, 6.45) is 6.29. The maximum absolute atomic E-state index is 12.8. The zero-order valence-electron chi connectivity index (χ0n) is 14.9. The fraction of sp³-hybridized carbons (Fsp3) is 0.500. The average Bonchev–Trinajstić information content (AvgIpc) is 2.87. The van der Waals surface area contributed by atoms with Crippen LogP contribution in [0.15, 0.2) is 24.4 Å². The molecule has 134 valence electrons. The van der Waals surface area contributed by atoms with Crippen molar-refractivity contribution in [3.05, 3.63) is 35.7 Å². The van der Waals surface area contributed by atoms with Gasteiger partial charge in [-0.05, 0) is 31.0 Å². The fourth-order valence-corrected chi connectivity index (χ4v) is 3.09. The highest BCUT2D eigenvalue weighted by atomic mass is 16.5.